The average Bonchev–Trinajstić information content (AvgIpc) is 3.31. The first-order chi connectivity index (χ1) is 16.8. The third-order valence-electron chi connectivity index (χ3n) is 5.27. The predicted octanol–water partition coefficient (Wildman–Crippen LogP) is 4.23. The minimum absolute atomic E-state index is 0.0704. The summed E-state index contributed by atoms with van der Waals surface area (Å²) in [5, 5.41) is 9.82. The molecule has 0 spiro atoms. The van der Waals surface area contributed by atoms with Gasteiger partial charge in [-0.3, -0.25) is 0 Å². The van der Waals surface area contributed by atoms with E-state index >= 15 is 0 Å². The smallest absolute Gasteiger partial charge is 0.337 e. The zero-order valence-corrected chi connectivity index (χ0v) is 20.5. The van der Waals surface area contributed by atoms with Crippen LogP contribution in [0.15, 0.2) is 71.6 Å². The predicted molar refractivity (Wildman–Crippen MR) is 132 cm³/mol. The molecular weight excluding hydrogens is 486 g/mol. The molecule has 1 unspecified atom stereocenters. The molecule has 1 N–H and O–H groups in total. The fourth-order valence-electron chi connectivity index (χ4n) is 3.55. The van der Waals surface area contributed by atoms with Crippen molar-refractivity contribution in [3.05, 3.63) is 88.4 Å². The normalized spacial score (nSPS) is 12.1. The molecule has 0 aliphatic rings. The van der Waals surface area contributed by atoms with Gasteiger partial charge in [-0.15, -0.1) is 11.3 Å². The third kappa shape index (κ3) is 5.49. The highest BCUT2D eigenvalue weighted by atomic mass is 32.2. The number of ether oxygens (including phenoxy) is 2. The molecule has 0 amide bonds. The Hall–Kier alpha value is -3.78. The maximum absolute atomic E-state index is 13.3. The van der Waals surface area contributed by atoms with Crippen molar-refractivity contribution >= 4 is 37.5 Å². The van der Waals surface area contributed by atoms with Gasteiger partial charge in [0.05, 0.1) is 52.6 Å². The average molecular weight is 508 g/mol. The standard InChI is InChI=1S/C25H21N3O5S2/c1-32-19-9-10-21-23(14-19)34-24(27-21)22(12-16-5-3-6-17(11-16)15-26)28-35(30,31)20-8-4-7-18(13-20)25(29)33-2/h3-11,13-14,22,28H,12H2,1-2H3. The quantitative estimate of drug-likeness (QED) is 0.355. The lowest BCUT2D eigenvalue weighted by molar-refractivity contribution is 0.0600. The van der Waals surface area contributed by atoms with Crippen LogP contribution in [0.1, 0.15) is 32.5 Å². The van der Waals surface area contributed by atoms with Crippen molar-refractivity contribution < 1.29 is 22.7 Å². The number of esters is 1. The van der Waals surface area contributed by atoms with E-state index < -0.39 is 22.0 Å². The Morgan fingerprint density at radius 1 is 1.11 bits per heavy atom. The molecule has 0 saturated carbocycles. The molecule has 0 fully saturated rings. The number of sulfonamides is 1. The number of nitrogens with zero attached hydrogens (tertiary/aromatic N) is 2. The van der Waals surface area contributed by atoms with Crippen molar-refractivity contribution in [2.75, 3.05) is 14.2 Å². The number of hydrogen-bond acceptors (Lipinski definition) is 8. The van der Waals surface area contributed by atoms with Crippen molar-refractivity contribution in [3.63, 3.8) is 0 Å². The van der Waals surface area contributed by atoms with Crippen LogP contribution in [0.4, 0.5) is 0 Å². The van der Waals surface area contributed by atoms with Gasteiger partial charge in [0.25, 0.3) is 0 Å². The Balaban J connectivity index is 1.74. The van der Waals surface area contributed by atoms with E-state index in [1.54, 1.807) is 31.4 Å². The molecule has 1 aromatic heterocycles. The fraction of sp³-hybridized carbons (Fsp3) is 0.160. The number of hydrogen-bond donors (Lipinski definition) is 1. The summed E-state index contributed by atoms with van der Waals surface area (Å²) < 4.78 is 40.3. The molecule has 4 rings (SSSR count). The summed E-state index contributed by atoms with van der Waals surface area (Å²) in [5.74, 6) is 0.0400. The number of nitriles is 1. The van der Waals surface area contributed by atoms with Gasteiger partial charge in [0.15, 0.2) is 0 Å². The summed E-state index contributed by atoms with van der Waals surface area (Å²) >= 11 is 1.35. The molecule has 10 heteroatoms. The number of fused-ring (bicyclic) bond motifs is 1. The van der Waals surface area contributed by atoms with Gasteiger partial charge < -0.3 is 9.47 Å². The fourth-order valence-corrected chi connectivity index (χ4v) is 5.91. The van der Waals surface area contributed by atoms with Gasteiger partial charge >= 0.3 is 5.97 Å². The van der Waals surface area contributed by atoms with Crippen molar-refractivity contribution in [1.82, 2.24) is 9.71 Å². The lowest BCUT2D eigenvalue weighted by atomic mass is 10.0. The van der Waals surface area contributed by atoms with E-state index in [4.69, 9.17) is 9.47 Å². The maximum atomic E-state index is 13.3. The Morgan fingerprint density at radius 2 is 1.91 bits per heavy atom. The van der Waals surface area contributed by atoms with Crippen LogP contribution in [0, 0.1) is 11.3 Å². The summed E-state index contributed by atoms with van der Waals surface area (Å²) in [5.41, 5.74) is 2.09. The molecule has 1 atom stereocenters. The van der Waals surface area contributed by atoms with Gasteiger partial charge in [-0.2, -0.15) is 5.26 Å². The molecule has 0 saturated heterocycles. The van der Waals surface area contributed by atoms with Crippen LogP contribution >= 0.6 is 11.3 Å². The first-order valence-electron chi connectivity index (χ1n) is 10.5. The Bertz CT molecular complexity index is 1540. The second kappa shape index (κ2) is 10.2. The van der Waals surface area contributed by atoms with Gasteiger partial charge in [0.2, 0.25) is 10.0 Å². The van der Waals surface area contributed by atoms with E-state index in [9.17, 15) is 18.5 Å². The number of thiazole rings is 1. The summed E-state index contributed by atoms with van der Waals surface area (Å²) in [4.78, 5) is 16.5. The van der Waals surface area contributed by atoms with Crippen molar-refractivity contribution in [3.8, 4) is 11.8 Å². The van der Waals surface area contributed by atoms with Crippen LogP contribution in [-0.4, -0.2) is 33.6 Å². The van der Waals surface area contributed by atoms with Crippen LogP contribution in [-0.2, 0) is 21.2 Å². The highest BCUT2D eigenvalue weighted by molar-refractivity contribution is 7.89. The molecule has 0 aliphatic heterocycles. The monoisotopic (exact) mass is 507 g/mol. The Labute approximate surface area is 206 Å². The summed E-state index contributed by atoms with van der Waals surface area (Å²) in [6.45, 7) is 0. The number of aromatic nitrogens is 1. The lowest BCUT2D eigenvalue weighted by Gasteiger charge is -2.17. The van der Waals surface area contributed by atoms with Gasteiger partial charge in [-0.25, -0.2) is 22.9 Å². The van der Waals surface area contributed by atoms with Gasteiger partial charge in [-0.1, -0.05) is 18.2 Å². The number of methoxy groups -OCH3 is 2. The summed E-state index contributed by atoms with van der Waals surface area (Å²) in [6, 6.07) is 19.5. The highest BCUT2D eigenvalue weighted by Crippen LogP contribution is 2.32. The molecule has 0 aliphatic carbocycles. The van der Waals surface area contributed by atoms with Crippen LogP contribution < -0.4 is 9.46 Å². The first-order valence-corrected chi connectivity index (χ1v) is 12.8. The second-order valence-electron chi connectivity index (χ2n) is 7.60. The maximum Gasteiger partial charge on any atom is 0.337 e. The number of carbonyl (C=O) groups is 1. The van der Waals surface area contributed by atoms with E-state index in [1.165, 1.54) is 42.7 Å². The minimum Gasteiger partial charge on any atom is -0.497 e. The Kier molecular flexibility index (Phi) is 7.12. The SMILES string of the molecule is COC(=O)c1cccc(S(=O)(=O)NC(Cc2cccc(C#N)c2)c2nc3ccc(OC)cc3s2)c1. The van der Waals surface area contributed by atoms with Crippen molar-refractivity contribution in [2.45, 2.75) is 17.4 Å². The Morgan fingerprint density at radius 3 is 2.66 bits per heavy atom. The molecule has 4 aromatic rings. The van der Waals surface area contributed by atoms with Gasteiger partial charge in [-0.05, 0) is 60.5 Å². The van der Waals surface area contributed by atoms with Gasteiger partial charge in [0, 0.05) is 0 Å². The third-order valence-corrected chi connectivity index (χ3v) is 7.87. The topological polar surface area (TPSA) is 118 Å². The number of carbonyl (C=O) groups excluding carboxylic acids is 1. The number of benzene rings is 3. The van der Waals surface area contributed by atoms with Crippen LogP contribution in [0.3, 0.4) is 0 Å². The first kappa shape index (κ1) is 24.3. The lowest BCUT2D eigenvalue weighted by Crippen LogP contribution is -2.30. The van der Waals surface area contributed by atoms with Crippen LogP contribution in [0.2, 0.25) is 0 Å². The summed E-state index contributed by atoms with van der Waals surface area (Å²) in [6.07, 6.45) is 0.266. The van der Waals surface area contributed by atoms with Crippen LogP contribution in [0.25, 0.3) is 10.2 Å². The zero-order valence-electron chi connectivity index (χ0n) is 18.9. The molecule has 0 radical (unpaired) electrons. The molecule has 1 heterocycles. The highest BCUT2D eigenvalue weighted by Gasteiger charge is 2.25. The zero-order chi connectivity index (χ0) is 25.0. The molecule has 8 nitrogen and oxygen atoms in total. The molecule has 0 bridgehead atoms. The molecule has 3 aromatic carbocycles. The van der Waals surface area contributed by atoms with E-state index in [0.717, 1.165) is 10.3 Å². The van der Waals surface area contributed by atoms with E-state index in [1.807, 2.05) is 18.2 Å². The molecule has 178 valence electrons. The van der Waals surface area contributed by atoms with E-state index in [2.05, 4.69) is 15.8 Å². The van der Waals surface area contributed by atoms with Crippen molar-refractivity contribution in [2.24, 2.45) is 0 Å². The minimum atomic E-state index is -4.04. The molecule has 35 heavy (non-hydrogen) atoms. The molecular formula is C25H21N3O5S2. The van der Waals surface area contributed by atoms with Crippen molar-refractivity contribution in [1.29, 1.82) is 5.26 Å². The summed E-state index contributed by atoms with van der Waals surface area (Å²) in [7, 11) is -1.23. The second-order valence-corrected chi connectivity index (χ2v) is 10.4. The van der Waals surface area contributed by atoms with Crippen LogP contribution in [0.5, 0.6) is 5.75 Å². The van der Waals surface area contributed by atoms with Gasteiger partial charge in [0.1, 0.15) is 10.8 Å². The largest absolute Gasteiger partial charge is 0.497 e. The van der Waals surface area contributed by atoms with E-state index in [-0.39, 0.29) is 16.9 Å². The number of rotatable bonds is 8. The van der Waals surface area contributed by atoms with E-state index in [0.29, 0.717) is 21.8 Å². The number of nitrogens with one attached hydrogen (secondary N) is 1.